The molecule has 3 aromatic rings. The molecule has 0 radical (unpaired) electrons. The largest absolute Gasteiger partial charge is 0.493 e. The van der Waals surface area contributed by atoms with Crippen LogP contribution in [0.3, 0.4) is 0 Å². The number of aromatic nitrogens is 2. The minimum Gasteiger partial charge on any atom is -0.493 e. The number of nitrogens with zero attached hydrogens (tertiary/aromatic N) is 2. The zero-order valence-corrected chi connectivity index (χ0v) is 17.6. The number of hydrazone groups is 1. The molecule has 8 nitrogen and oxygen atoms in total. The Hall–Kier alpha value is -3.81. The van der Waals surface area contributed by atoms with Crippen LogP contribution in [0.15, 0.2) is 41.5 Å². The van der Waals surface area contributed by atoms with Crippen molar-refractivity contribution in [2.75, 3.05) is 21.3 Å². The summed E-state index contributed by atoms with van der Waals surface area (Å²) in [4.78, 5) is 12.4. The van der Waals surface area contributed by atoms with Crippen LogP contribution in [0.25, 0.3) is 11.3 Å². The Labute approximate surface area is 174 Å². The number of aromatic amines is 1. The number of amides is 1. The minimum atomic E-state index is -0.409. The van der Waals surface area contributed by atoms with E-state index in [0.29, 0.717) is 34.2 Å². The second-order valence-electron chi connectivity index (χ2n) is 6.59. The van der Waals surface area contributed by atoms with E-state index in [2.05, 4.69) is 20.7 Å². The molecule has 0 aliphatic heterocycles. The van der Waals surface area contributed by atoms with Gasteiger partial charge in [-0.1, -0.05) is 12.1 Å². The first-order valence-electron chi connectivity index (χ1n) is 9.24. The Morgan fingerprint density at radius 1 is 1.00 bits per heavy atom. The van der Waals surface area contributed by atoms with Crippen molar-refractivity contribution >= 4 is 12.1 Å². The summed E-state index contributed by atoms with van der Waals surface area (Å²) in [6, 6.07) is 11.2. The second-order valence-corrected chi connectivity index (χ2v) is 6.59. The molecule has 0 atom stereocenters. The predicted molar refractivity (Wildman–Crippen MR) is 115 cm³/mol. The van der Waals surface area contributed by atoms with E-state index in [-0.39, 0.29) is 0 Å². The highest BCUT2D eigenvalue weighted by Crippen LogP contribution is 2.38. The molecular weight excluding hydrogens is 384 g/mol. The maximum absolute atomic E-state index is 12.4. The van der Waals surface area contributed by atoms with Crippen LogP contribution in [-0.2, 0) is 0 Å². The van der Waals surface area contributed by atoms with Gasteiger partial charge in [0, 0.05) is 11.1 Å². The van der Waals surface area contributed by atoms with Crippen molar-refractivity contribution in [3.8, 4) is 28.5 Å². The molecule has 3 rings (SSSR count). The molecule has 0 aliphatic rings. The van der Waals surface area contributed by atoms with Crippen LogP contribution in [0.5, 0.6) is 17.2 Å². The number of benzene rings is 2. The standard InChI is InChI=1S/C22H24N4O4/c1-13-6-7-15(10-14(13)2)17-11-18(25-24-17)22(27)26-23-12-16-8-9-19(28-3)21(30-5)20(16)29-4/h6-12H,1-5H3,(H,24,25)(H,26,27)/b23-12+. The number of aryl methyl sites for hydroxylation is 2. The lowest BCUT2D eigenvalue weighted by Crippen LogP contribution is -2.18. The summed E-state index contributed by atoms with van der Waals surface area (Å²) in [5.74, 6) is 1.02. The van der Waals surface area contributed by atoms with Gasteiger partial charge < -0.3 is 14.2 Å². The van der Waals surface area contributed by atoms with Gasteiger partial charge in [-0.25, -0.2) is 5.43 Å². The van der Waals surface area contributed by atoms with E-state index in [9.17, 15) is 4.79 Å². The van der Waals surface area contributed by atoms with Crippen molar-refractivity contribution in [3.63, 3.8) is 0 Å². The number of ether oxygens (including phenoxy) is 3. The van der Waals surface area contributed by atoms with Gasteiger partial charge in [-0.3, -0.25) is 9.89 Å². The van der Waals surface area contributed by atoms with E-state index in [1.165, 1.54) is 26.0 Å². The van der Waals surface area contributed by atoms with E-state index < -0.39 is 5.91 Å². The number of nitrogens with one attached hydrogen (secondary N) is 2. The average Bonchev–Trinajstić information content (AvgIpc) is 3.25. The van der Waals surface area contributed by atoms with E-state index in [1.807, 2.05) is 32.0 Å². The molecule has 1 heterocycles. The zero-order chi connectivity index (χ0) is 21.7. The monoisotopic (exact) mass is 408 g/mol. The Bertz CT molecular complexity index is 1090. The van der Waals surface area contributed by atoms with Gasteiger partial charge in [0.1, 0.15) is 5.69 Å². The number of hydrogen-bond donors (Lipinski definition) is 2. The van der Waals surface area contributed by atoms with Crippen molar-refractivity contribution in [2.45, 2.75) is 13.8 Å². The molecule has 8 heteroatoms. The SMILES string of the molecule is COc1ccc(/C=N/NC(=O)c2cc(-c3ccc(C)c(C)c3)n[nH]2)c(OC)c1OC. The highest BCUT2D eigenvalue weighted by Gasteiger charge is 2.15. The highest BCUT2D eigenvalue weighted by molar-refractivity contribution is 5.94. The Morgan fingerprint density at radius 2 is 1.77 bits per heavy atom. The lowest BCUT2D eigenvalue weighted by molar-refractivity contribution is 0.0950. The minimum absolute atomic E-state index is 0.305. The van der Waals surface area contributed by atoms with E-state index >= 15 is 0 Å². The molecule has 1 aromatic heterocycles. The number of rotatable bonds is 7. The predicted octanol–water partition coefficient (Wildman–Crippen LogP) is 3.48. The van der Waals surface area contributed by atoms with Crippen LogP contribution < -0.4 is 19.6 Å². The van der Waals surface area contributed by atoms with Gasteiger partial charge in [0.15, 0.2) is 11.5 Å². The number of carbonyl (C=O) groups excluding carboxylic acids is 1. The van der Waals surface area contributed by atoms with Crippen molar-refractivity contribution in [1.29, 1.82) is 0 Å². The van der Waals surface area contributed by atoms with Gasteiger partial charge in [-0.15, -0.1) is 0 Å². The van der Waals surface area contributed by atoms with Gasteiger partial charge in [0.05, 0.1) is 33.2 Å². The molecule has 0 fully saturated rings. The molecule has 156 valence electrons. The van der Waals surface area contributed by atoms with Crippen molar-refractivity contribution in [3.05, 3.63) is 58.8 Å². The molecule has 0 saturated heterocycles. The molecule has 2 N–H and O–H groups in total. The number of H-pyrrole nitrogens is 1. The van der Waals surface area contributed by atoms with Crippen molar-refractivity contribution in [2.24, 2.45) is 5.10 Å². The normalized spacial score (nSPS) is 10.8. The first kappa shape index (κ1) is 20.9. The van der Waals surface area contributed by atoms with Crippen LogP contribution in [-0.4, -0.2) is 43.6 Å². The summed E-state index contributed by atoms with van der Waals surface area (Å²) in [6.07, 6.45) is 1.47. The van der Waals surface area contributed by atoms with Crippen LogP contribution in [0, 0.1) is 13.8 Å². The molecule has 0 saturated carbocycles. The smallest absolute Gasteiger partial charge is 0.289 e. The van der Waals surface area contributed by atoms with Gasteiger partial charge >= 0.3 is 0 Å². The maximum atomic E-state index is 12.4. The first-order chi connectivity index (χ1) is 14.5. The maximum Gasteiger partial charge on any atom is 0.289 e. The zero-order valence-electron chi connectivity index (χ0n) is 17.6. The third-order valence-corrected chi connectivity index (χ3v) is 4.73. The summed E-state index contributed by atoms with van der Waals surface area (Å²) in [5, 5.41) is 11.0. The fourth-order valence-electron chi connectivity index (χ4n) is 2.93. The fraction of sp³-hybridized carbons (Fsp3) is 0.227. The summed E-state index contributed by atoms with van der Waals surface area (Å²) < 4.78 is 16.0. The summed E-state index contributed by atoms with van der Waals surface area (Å²) >= 11 is 0. The van der Waals surface area contributed by atoms with Crippen LogP contribution in [0.4, 0.5) is 0 Å². The number of hydrogen-bond acceptors (Lipinski definition) is 6. The Balaban J connectivity index is 1.74. The van der Waals surface area contributed by atoms with E-state index in [4.69, 9.17) is 14.2 Å². The third kappa shape index (κ3) is 4.27. The molecule has 1 amide bonds. The lowest BCUT2D eigenvalue weighted by atomic mass is 10.0. The van der Waals surface area contributed by atoms with Crippen molar-refractivity contribution in [1.82, 2.24) is 15.6 Å². The highest BCUT2D eigenvalue weighted by atomic mass is 16.5. The van der Waals surface area contributed by atoms with Gasteiger partial charge in [-0.05, 0) is 49.2 Å². The number of methoxy groups -OCH3 is 3. The summed E-state index contributed by atoms with van der Waals surface area (Å²) in [6.45, 7) is 4.09. The molecule has 0 bridgehead atoms. The third-order valence-electron chi connectivity index (χ3n) is 4.73. The number of carbonyl (C=O) groups is 1. The molecular formula is C22H24N4O4. The van der Waals surface area contributed by atoms with E-state index in [1.54, 1.807) is 25.3 Å². The topological polar surface area (TPSA) is 97.8 Å². The van der Waals surface area contributed by atoms with Crippen molar-refractivity contribution < 1.29 is 19.0 Å². The Morgan fingerprint density at radius 3 is 2.43 bits per heavy atom. The van der Waals surface area contributed by atoms with Crippen LogP contribution in [0.2, 0.25) is 0 Å². The van der Waals surface area contributed by atoms with Crippen LogP contribution in [0.1, 0.15) is 27.2 Å². The summed E-state index contributed by atoms with van der Waals surface area (Å²) in [7, 11) is 4.59. The van der Waals surface area contributed by atoms with Gasteiger partial charge in [-0.2, -0.15) is 10.2 Å². The Kier molecular flexibility index (Phi) is 6.36. The average molecular weight is 408 g/mol. The molecule has 2 aromatic carbocycles. The first-order valence-corrected chi connectivity index (χ1v) is 9.24. The molecule has 0 aliphatic carbocycles. The molecule has 0 unspecified atom stereocenters. The fourth-order valence-corrected chi connectivity index (χ4v) is 2.93. The lowest BCUT2D eigenvalue weighted by Gasteiger charge is -2.13. The second kappa shape index (κ2) is 9.13. The summed E-state index contributed by atoms with van der Waals surface area (Å²) in [5.41, 5.74) is 7.40. The van der Waals surface area contributed by atoms with E-state index in [0.717, 1.165) is 11.1 Å². The molecule has 0 spiro atoms. The molecule has 30 heavy (non-hydrogen) atoms. The van der Waals surface area contributed by atoms with Crippen LogP contribution >= 0.6 is 0 Å². The van der Waals surface area contributed by atoms with Gasteiger partial charge in [0.25, 0.3) is 5.91 Å². The quantitative estimate of drug-likeness (QED) is 0.461. The van der Waals surface area contributed by atoms with Gasteiger partial charge in [0.2, 0.25) is 5.75 Å².